The Bertz CT molecular complexity index is 2270. The molecule has 28 nitrogen and oxygen atoms in total. The number of hydrogen-bond acceptors (Lipinski definition) is 18. The van der Waals surface area contributed by atoms with Gasteiger partial charge in [0.1, 0.15) is 12.4 Å². The normalized spacial score (nSPS) is 12.8. The summed E-state index contributed by atoms with van der Waals surface area (Å²) in [7, 11) is 0. The lowest BCUT2D eigenvalue weighted by molar-refractivity contribution is -0.123. The number of nitrogen functional groups attached to an aromatic ring is 2. The molecule has 29 heteroatoms. The van der Waals surface area contributed by atoms with Crippen LogP contribution in [0.2, 0.25) is 5.15 Å². The topological polar surface area (TPSA) is 507 Å². The molecule has 0 unspecified atom stereocenters. The minimum atomic E-state index is -0.703. The predicted molar refractivity (Wildman–Crippen MR) is 325 cm³/mol. The van der Waals surface area contributed by atoms with Crippen molar-refractivity contribution < 1.29 is 28.7 Å². The molecule has 0 aliphatic rings. The van der Waals surface area contributed by atoms with E-state index in [0.717, 1.165) is 94.8 Å². The van der Waals surface area contributed by atoms with Gasteiger partial charge in [0, 0.05) is 52.4 Å². The largest absolute Gasteiger partial charge is 0.492 e. The molecule has 1 aromatic heterocycles. The van der Waals surface area contributed by atoms with Crippen molar-refractivity contribution in [3.63, 3.8) is 0 Å². The van der Waals surface area contributed by atoms with Crippen molar-refractivity contribution >= 4 is 70.7 Å². The lowest BCUT2D eigenvalue weighted by Gasteiger charge is -2.23. The highest BCUT2D eigenvalue weighted by molar-refractivity contribution is 6.31. The quantitative estimate of drug-likeness (QED) is 0.0215. The highest BCUT2D eigenvalue weighted by atomic mass is 35.5. The summed E-state index contributed by atoms with van der Waals surface area (Å²) in [5.41, 5.74) is 64.0. The molecule has 0 fully saturated rings. The number of halogens is 1. The van der Waals surface area contributed by atoms with Crippen molar-refractivity contribution in [1.29, 1.82) is 0 Å². The standard InChI is InChI=1S/C53H97ClN22O6/c54-43-45(60)74-44(59)42(73-43)50(81)75-53(65)72-29-12-7-16-36-21-23-37(24-22-36)82-35-34-76(33-15-31-69-49(80)40(57)18-5-2-10-26-67-47(78)41(58)20-8-13-28-71-52(63)64)32-14-30-68-48(79)39(56)17-4-1-9-25-66-46(77)38(55)19-6-3-11-27-70-51(61)62/h21-24,38-41H,1-20,25-35,55-58H2,(H,66,77)(H,67,78)(H,68,79)(H,69,80)(H4,59,60,74)(H4,61,62,70)(H4,63,64,71)(H3,65,72,75,81)/t38-,39-,40-,41-/m0/s1. The second-order valence-corrected chi connectivity index (χ2v) is 20.5. The van der Waals surface area contributed by atoms with Crippen molar-refractivity contribution in [1.82, 2.24) is 41.5 Å². The van der Waals surface area contributed by atoms with Crippen molar-refractivity contribution in [2.24, 2.45) is 66.6 Å². The molecule has 0 bridgehead atoms. The molecule has 27 N–H and O–H groups in total. The monoisotopic (exact) mass is 1170 g/mol. The highest BCUT2D eigenvalue weighted by Crippen LogP contribution is 2.18. The summed E-state index contributed by atoms with van der Waals surface area (Å²) in [5.74, 6) is -1.03. The van der Waals surface area contributed by atoms with Crippen LogP contribution in [0.4, 0.5) is 11.6 Å². The number of benzene rings is 1. The molecule has 0 spiro atoms. The number of ether oxygens (including phenoxy) is 1. The smallest absolute Gasteiger partial charge is 0.280 e. The van der Waals surface area contributed by atoms with Crippen molar-refractivity contribution in [2.75, 3.05) is 83.5 Å². The average molecular weight is 1170 g/mol. The van der Waals surface area contributed by atoms with Gasteiger partial charge in [-0.2, -0.15) is 0 Å². The number of carbonyl (C=O) groups is 5. The third-order valence-corrected chi connectivity index (χ3v) is 13.3. The zero-order chi connectivity index (χ0) is 60.5. The molecule has 1 aromatic carbocycles. The molecule has 462 valence electrons. The first-order valence-electron chi connectivity index (χ1n) is 28.6. The van der Waals surface area contributed by atoms with Gasteiger partial charge in [-0.3, -0.25) is 49.2 Å². The second-order valence-electron chi connectivity index (χ2n) is 20.1. The summed E-state index contributed by atoms with van der Waals surface area (Å²) in [5, 5.41) is 14.0. The number of guanidine groups is 3. The lowest BCUT2D eigenvalue weighted by Crippen LogP contribution is -2.42. The van der Waals surface area contributed by atoms with Gasteiger partial charge in [-0.05, 0) is 121 Å². The molecule has 2 rings (SSSR count). The molecule has 4 atom stereocenters. The highest BCUT2D eigenvalue weighted by Gasteiger charge is 2.19. The van der Waals surface area contributed by atoms with Gasteiger partial charge in [-0.1, -0.05) is 62.3 Å². The maximum Gasteiger partial charge on any atom is 0.280 e. The first-order valence-corrected chi connectivity index (χ1v) is 29.0. The van der Waals surface area contributed by atoms with E-state index in [4.69, 9.17) is 79.4 Å². The number of aromatic nitrogens is 2. The van der Waals surface area contributed by atoms with Gasteiger partial charge in [0.15, 0.2) is 40.4 Å². The number of amides is 5. The lowest BCUT2D eigenvalue weighted by atomic mass is 10.1. The molecule has 0 saturated heterocycles. The van der Waals surface area contributed by atoms with E-state index in [0.29, 0.717) is 117 Å². The number of aliphatic imine (C=N–C) groups is 3. The number of rotatable bonds is 45. The third kappa shape index (κ3) is 33.8. The van der Waals surface area contributed by atoms with Crippen LogP contribution in [0, 0.1) is 0 Å². The molecule has 82 heavy (non-hydrogen) atoms. The molecular formula is C53H97ClN22O6. The second kappa shape index (κ2) is 42.9. The number of nitrogens with one attached hydrogen (secondary N) is 5. The van der Waals surface area contributed by atoms with E-state index in [1.807, 2.05) is 24.3 Å². The van der Waals surface area contributed by atoms with Crippen LogP contribution in [0.5, 0.6) is 5.75 Å². The van der Waals surface area contributed by atoms with Gasteiger partial charge in [0.25, 0.3) is 5.91 Å². The molecule has 0 saturated carbocycles. The van der Waals surface area contributed by atoms with Crippen molar-refractivity contribution in [2.45, 2.75) is 153 Å². The molecular weight excluding hydrogens is 1080 g/mol. The number of carbonyl (C=O) groups excluding carboxylic acids is 5. The van der Waals surface area contributed by atoms with Crippen LogP contribution in [0.3, 0.4) is 0 Å². The number of nitrogens with two attached hydrogens (primary N) is 11. The van der Waals surface area contributed by atoms with E-state index in [1.54, 1.807) is 0 Å². The average Bonchev–Trinajstić information content (AvgIpc) is 3.44. The Labute approximate surface area is 488 Å². The van der Waals surface area contributed by atoms with E-state index in [-0.39, 0.29) is 64.0 Å². The zero-order valence-corrected chi connectivity index (χ0v) is 48.7. The number of unbranched alkanes of at least 4 members (excludes halogenated alkanes) is 8. The van der Waals surface area contributed by atoms with Crippen LogP contribution in [0.1, 0.15) is 138 Å². The Morgan fingerprint density at radius 2 is 0.927 bits per heavy atom. The van der Waals surface area contributed by atoms with Crippen LogP contribution < -0.4 is 94.4 Å². The molecule has 1 heterocycles. The van der Waals surface area contributed by atoms with Crippen LogP contribution in [0.15, 0.2) is 39.2 Å². The summed E-state index contributed by atoms with van der Waals surface area (Å²) in [6.45, 7) is 5.63. The summed E-state index contributed by atoms with van der Waals surface area (Å²) in [4.78, 5) is 84.9. The first-order chi connectivity index (χ1) is 39.3. The predicted octanol–water partition coefficient (Wildman–Crippen LogP) is -1.00. The summed E-state index contributed by atoms with van der Waals surface area (Å²) < 4.78 is 6.14. The molecule has 5 amide bonds. The summed E-state index contributed by atoms with van der Waals surface area (Å²) in [6, 6.07) is 5.41. The summed E-state index contributed by atoms with van der Waals surface area (Å²) >= 11 is 5.87. The summed E-state index contributed by atoms with van der Waals surface area (Å²) in [6.07, 6.45) is 14.4. The fourth-order valence-electron chi connectivity index (χ4n) is 8.22. The Morgan fingerprint density at radius 1 is 0.512 bits per heavy atom. The van der Waals surface area contributed by atoms with E-state index >= 15 is 0 Å². The van der Waals surface area contributed by atoms with Gasteiger partial charge in [0.05, 0.1) is 24.2 Å². The third-order valence-electron chi connectivity index (χ3n) is 13.0. The Morgan fingerprint density at radius 3 is 1.40 bits per heavy atom. The maximum absolute atomic E-state index is 12.9. The minimum absolute atomic E-state index is 0.0425. The van der Waals surface area contributed by atoms with Gasteiger partial charge in [-0.25, -0.2) is 9.97 Å². The van der Waals surface area contributed by atoms with E-state index < -0.39 is 30.1 Å². The van der Waals surface area contributed by atoms with Gasteiger partial charge < -0.3 is 89.1 Å². The van der Waals surface area contributed by atoms with Gasteiger partial charge >= 0.3 is 0 Å². The Balaban J connectivity index is 1.78. The van der Waals surface area contributed by atoms with Crippen LogP contribution >= 0.6 is 11.6 Å². The Kier molecular flexibility index (Phi) is 37.3. The van der Waals surface area contributed by atoms with Crippen LogP contribution in [-0.2, 0) is 25.6 Å². The number of nitrogens with zero attached hydrogens (tertiary/aromatic N) is 6. The van der Waals surface area contributed by atoms with Crippen molar-refractivity contribution in [3.05, 3.63) is 40.7 Å². The molecule has 2 aromatic rings. The fraction of sp³-hybridized carbons (Fsp3) is 0.660. The van der Waals surface area contributed by atoms with Gasteiger partial charge in [-0.15, -0.1) is 0 Å². The number of hydrogen-bond donors (Lipinski definition) is 16. The van der Waals surface area contributed by atoms with Gasteiger partial charge in [0.2, 0.25) is 23.6 Å². The minimum Gasteiger partial charge on any atom is -0.492 e. The zero-order valence-electron chi connectivity index (χ0n) is 47.9. The molecule has 0 aliphatic carbocycles. The SMILES string of the molecule is NC(N)=NCCCCC[C@H](N)C(=O)NCCCCC[C@H](N)C(=O)NCCCN(CCCNC(=O)[C@@H](N)CCCCCNC(=O)[C@@H](N)CCCCN=C(N)N)CCOc1ccc(CCCCN=C(N)NC(=O)c2nc(Cl)c(N)nc2N)cc1. The van der Waals surface area contributed by atoms with Crippen LogP contribution in [0.25, 0.3) is 0 Å². The number of anilines is 2. The van der Waals surface area contributed by atoms with E-state index in [1.165, 1.54) is 0 Å². The number of aryl methyl sites for hydroxylation is 1. The van der Waals surface area contributed by atoms with E-state index in [2.05, 4.69) is 56.4 Å². The van der Waals surface area contributed by atoms with Crippen molar-refractivity contribution in [3.8, 4) is 5.75 Å². The molecule has 0 radical (unpaired) electrons. The fourth-order valence-corrected chi connectivity index (χ4v) is 8.35. The molecule has 0 aliphatic heterocycles. The van der Waals surface area contributed by atoms with Crippen LogP contribution in [-0.4, -0.2) is 159 Å². The first kappa shape index (κ1) is 71.3. The maximum atomic E-state index is 12.9. The van der Waals surface area contributed by atoms with E-state index in [9.17, 15) is 24.0 Å². The Hall–Kier alpha value is -6.85.